The Hall–Kier alpha value is -0.770. The standard InChI is InChI=1S/C17H28N2O.ClH/c1-14(12-16-6-4-5-7-17(16)20-3)19(2)13-15-8-10-18-11-9-15;/h4-7,14-15,18H,8-13H2,1-3H3;1H. The number of piperidine rings is 1. The lowest BCUT2D eigenvalue weighted by Crippen LogP contribution is -2.39. The van der Waals surface area contributed by atoms with E-state index >= 15 is 0 Å². The fourth-order valence-electron chi connectivity index (χ4n) is 3.00. The lowest BCUT2D eigenvalue weighted by molar-refractivity contribution is 0.194. The summed E-state index contributed by atoms with van der Waals surface area (Å²) in [5.41, 5.74) is 1.31. The number of nitrogens with one attached hydrogen (secondary N) is 1. The van der Waals surface area contributed by atoms with E-state index in [9.17, 15) is 0 Å². The molecular weight excluding hydrogens is 284 g/mol. The van der Waals surface area contributed by atoms with Gasteiger partial charge in [0, 0.05) is 12.6 Å². The highest BCUT2D eigenvalue weighted by Gasteiger charge is 2.18. The van der Waals surface area contributed by atoms with Crippen molar-refractivity contribution in [2.75, 3.05) is 33.8 Å². The zero-order valence-corrected chi connectivity index (χ0v) is 14.3. The Bertz CT molecular complexity index is 408. The predicted octanol–water partition coefficient (Wildman–Crippen LogP) is 2.98. The number of rotatable bonds is 6. The van der Waals surface area contributed by atoms with Crippen LogP contribution in [0.1, 0.15) is 25.3 Å². The van der Waals surface area contributed by atoms with E-state index in [0.29, 0.717) is 6.04 Å². The van der Waals surface area contributed by atoms with Crippen molar-refractivity contribution in [3.8, 4) is 5.75 Å². The molecule has 120 valence electrons. The lowest BCUT2D eigenvalue weighted by Gasteiger charge is -2.31. The van der Waals surface area contributed by atoms with Crippen LogP contribution in [-0.4, -0.2) is 44.7 Å². The predicted molar refractivity (Wildman–Crippen MR) is 91.6 cm³/mol. The van der Waals surface area contributed by atoms with Gasteiger partial charge in [0.05, 0.1) is 7.11 Å². The molecule has 1 aromatic rings. The van der Waals surface area contributed by atoms with Gasteiger partial charge in [-0.3, -0.25) is 0 Å². The van der Waals surface area contributed by atoms with Crippen molar-refractivity contribution >= 4 is 12.4 Å². The van der Waals surface area contributed by atoms with Crippen molar-refractivity contribution in [3.63, 3.8) is 0 Å². The Morgan fingerprint density at radius 3 is 2.62 bits per heavy atom. The first-order chi connectivity index (χ1) is 9.70. The van der Waals surface area contributed by atoms with Crippen LogP contribution in [0.25, 0.3) is 0 Å². The second kappa shape index (κ2) is 9.29. The van der Waals surface area contributed by atoms with Gasteiger partial charge >= 0.3 is 0 Å². The Morgan fingerprint density at radius 1 is 1.29 bits per heavy atom. The molecule has 2 rings (SSSR count). The van der Waals surface area contributed by atoms with Crippen LogP contribution in [0, 0.1) is 5.92 Å². The fourth-order valence-corrected chi connectivity index (χ4v) is 3.00. The minimum absolute atomic E-state index is 0. The molecule has 1 N–H and O–H groups in total. The molecule has 3 nitrogen and oxygen atoms in total. The van der Waals surface area contributed by atoms with Crippen LogP contribution in [0.15, 0.2) is 24.3 Å². The van der Waals surface area contributed by atoms with Crippen LogP contribution >= 0.6 is 12.4 Å². The van der Waals surface area contributed by atoms with E-state index in [1.807, 2.05) is 6.07 Å². The monoisotopic (exact) mass is 312 g/mol. The van der Waals surface area contributed by atoms with E-state index in [4.69, 9.17) is 4.74 Å². The Kier molecular flexibility index (Phi) is 8.09. The quantitative estimate of drug-likeness (QED) is 0.874. The van der Waals surface area contributed by atoms with Crippen LogP contribution in [0.2, 0.25) is 0 Å². The number of nitrogens with zero attached hydrogens (tertiary/aromatic N) is 1. The highest BCUT2D eigenvalue weighted by molar-refractivity contribution is 5.85. The lowest BCUT2D eigenvalue weighted by atomic mass is 9.96. The topological polar surface area (TPSA) is 24.5 Å². The molecule has 0 aromatic heterocycles. The number of likely N-dealkylation sites (N-methyl/N-ethyl adjacent to an activating group) is 1. The van der Waals surface area contributed by atoms with E-state index < -0.39 is 0 Å². The third kappa shape index (κ3) is 5.50. The van der Waals surface area contributed by atoms with Gasteiger partial charge in [0.15, 0.2) is 0 Å². The molecule has 0 saturated carbocycles. The van der Waals surface area contributed by atoms with Gasteiger partial charge in [-0.25, -0.2) is 0 Å². The normalized spacial score (nSPS) is 17.3. The summed E-state index contributed by atoms with van der Waals surface area (Å²) in [4.78, 5) is 2.50. The van der Waals surface area contributed by atoms with E-state index in [-0.39, 0.29) is 12.4 Å². The van der Waals surface area contributed by atoms with Gasteiger partial charge in [0.2, 0.25) is 0 Å². The smallest absolute Gasteiger partial charge is 0.122 e. The number of benzene rings is 1. The number of ether oxygens (including phenoxy) is 1. The molecule has 1 atom stereocenters. The molecule has 0 bridgehead atoms. The molecule has 1 saturated heterocycles. The maximum atomic E-state index is 5.45. The van der Waals surface area contributed by atoms with Crippen molar-refractivity contribution < 1.29 is 4.74 Å². The third-order valence-corrected chi connectivity index (χ3v) is 4.47. The molecule has 1 unspecified atom stereocenters. The maximum Gasteiger partial charge on any atom is 0.122 e. The molecule has 1 fully saturated rings. The van der Waals surface area contributed by atoms with Crippen LogP contribution in [0.3, 0.4) is 0 Å². The Balaban J connectivity index is 0.00000220. The van der Waals surface area contributed by atoms with Crippen molar-refractivity contribution in [1.82, 2.24) is 10.2 Å². The molecule has 1 aliphatic heterocycles. The number of methoxy groups -OCH3 is 1. The van der Waals surface area contributed by atoms with Crippen molar-refractivity contribution in [3.05, 3.63) is 29.8 Å². The summed E-state index contributed by atoms with van der Waals surface area (Å²) in [5, 5.41) is 3.44. The van der Waals surface area contributed by atoms with Gasteiger partial charge in [-0.1, -0.05) is 18.2 Å². The number of hydrogen-bond acceptors (Lipinski definition) is 3. The average Bonchev–Trinajstić information content (AvgIpc) is 2.48. The summed E-state index contributed by atoms with van der Waals surface area (Å²) >= 11 is 0. The largest absolute Gasteiger partial charge is 0.496 e. The summed E-state index contributed by atoms with van der Waals surface area (Å²) in [6.07, 6.45) is 3.67. The van der Waals surface area contributed by atoms with Gasteiger partial charge in [-0.15, -0.1) is 12.4 Å². The number of halogens is 1. The first kappa shape index (κ1) is 18.3. The molecule has 4 heteroatoms. The molecular formula is C17H29ClN2O. The molecule has 1 aromatic carbocycles. The molecule has 21 heavy (non-hydrogen) atoms. The maximum absolute atomic E-state index is 5.45. The molecule has 0 amide bonds. The highest BCUT2D eigenvalue weighted by Crippen LogP contribution is 2.21. The molecule has 0 spiro atoms. The van der Waals surface area contributed by atoms with Crippen LogP contribution in [0.4, 0.5) is 0 Å². The molecule has 1 heterocycles. The zero-order chi connectivity index (χ0) is 14.4. The second-order valence-electron chi connectivity index (χ2n) is 6.00. The minimum Gasteiger partial charge on any atom is -0.496 e. The van der Waals surface area contributed by atoms with Crippen LogP contribution < -0.4 is 10.1 Å². The first-order valence-corrected chi connectivity index (χ1v) is 7.73. The number of hydrogen-bond donors (Lipinski definition) is 1. The summed E-state index contributed by atoms with van der Waals surface area (Å²) in [7, 11) is 4.00. The zero-order valence-electron chi connectivity index (χ0n) is 13.5. The molecule has 0 radical (unpaired) electrons. The third-order valence-electron chi connectivity index (χ3n) is 4.47. The molecule has 0 aliphatic carbocycles. The highest BCUT2D eigenvalue weighted by atomic mass is 35.5. The van der Waals surface area contributed by atoms with Gasteiger partial charge in [0.25, 0.3) is 0 Å². The number of para-hydroxylation sites is 1. The molecule has 1 aliphatic rings. The van der Waals surface area contributed by atoms with E-state index in [2.05, 4.69) is 42.4 Å². The first-order valence-electron chi connectivity index (χ1n) is 7.73. The Labute approximate surface area is 135 Å². The van der Waals surface area contributed by atoms with E-state index in [1.165, 1.54) is 38.0 Å². The van der Waals surface area contributed by atoms with E-state index in [0.717, 1.165) is 18.1 Å². The van der Waals surface area contributed by atoms with Gasteiger partial charge < -0.3 is 15.0 Å². The van der Waals surface area contributed by atoms with Crippen molar-refractivity contribution in [2.45, 2.75) is 32.2 Å². The Morgan fingerprint density at radius 2 is 1.95 bits per heavy atom. The van der Waals surface area contributed by atoms with Crippen molar-refractivity contribution in [2.24, 2.45) is 5.92 Å². The van der Waals surface area contributed by atoms with Crippen LogP contribution in [0.5, 0.6) is 5.75 Å². The van der Waals surface area contributed by atoms with E-state index in [1.54, 1.807) is 7.11 Å². The summed E-state index contributed by atoms with van der Waals surface area (Å²) in [5.74, 6) is 1.86. The van der Waals surface area contributed by atoms with Gasteiger partial charge in [-0.2, -0.15) is 0 Å². The van der Waals surface area contributed by atoms with Gasteiger partial charge in [0.1, 0.15) is 5.75 Å². The summed E-state index contributed by atoms with van der Waals surface area (Å²) in [6.45, 7) is 5.88. The fraction of sp³-hybridized carbons (Fsp3) is 0.647. The SMILES string of the molecule is COc1ccccc1CC(C)N(C)CC1CCNCC1.Cl. The summed E-state index contributed by atoms with van der Waals surface area (Å²) < 4.78 is 5.45. The second-order valence-corrected chi connectivity index (χ2v) is 6.00. The van der Waals surface area contributed by atoms with Crippen LogP contribution in [-0.2, 0) is 6.42 Å². The minimum atomic E-state index is 0. The average molecular weight is 313 g/mol. The van der Waals surface area contributed by atoms with Crippen molar-refractivity contribution in [1.29, 1.82) is 0 Å². The summed E-state index contributed by atoms with van der Waals surface area (Å²) in [6, 6.07) is 8.90. The van der Waals surface area contributed by atoms with Gasteiger partial charge in [-0.05, 0) is 63.9 Å².